The maximum absolute atomic E-state index is 8.52. The summed E-state index contributed by atoms with van der Waals surface area (Å²) in [5.74, 6) is 0. The van der Waals surface area contributed by atoms with Crippen LogP contribution in [0.1, 0.15) is 18.6 Å². The van der Waals surface area contributed by atoms with E-state index in [4.69, 9.17) is 14.7 Å². The molecule has 2 N–H and O–H groups in total. The van der Waals surface area contributed by atoms with Crippen molar-refractivity contribution in [1.29, 1.82) is 0 Å². The molecule has 0 amide bonds. The van der Waals surface area contributed by atoms with E-state index in [0.717, 1.165) is 5.56 Å². The third-order valence-electron chi connectivity index (χ3n) is 1.59. The summed E-state index contributed by atoms with van der Waals surface area (Å²) in [5, 5.41) is 17.0. The first kappa shape index (κ1) is 9.25. The molecule has 0 saturated heterocycles. The molecule has 0 radical (unpaired) electrons. The first-order valence-corrected chi connectivity index (χ1v) is 3.76. The van der Waals surface area contributed by atoms with Gasteiger partial charge in [0.25, 0.3) is 0 Å². The molecule has 0 aromatic heterocycles. The molecule has 0 aliphatic carbocycles. The first-order valence-electron chi connectivity index (χ1n) is 3.76. The van der Waals surface area contributed by atoms with Gasteiger partial charge < -0.3 is 14.7 Å². The summed E-state index contributed by atoms with van der Waals surface area (Å²) < 4.78 is 4.75. The Bertz CT molecular complexity index is 225. The topological polar surface area (TPSA) is 49.7 Å². The van der Waals surface area contributed by atoms with Crippen molar-refractivity contribution >= 4 is 7.32 Å². The fraction of sp³-hybridized carbons (Fsp3) is 0.250. The zero-order valence-corrected chi connectivity index (χ0v) is 6.84. The third-order valence-corrected chi connectivity index (χ3v) is 1.59. The van der Waals surface area contributed by atoms with Crippen LogP contribution >= 0.6 is 0 Å². The third kappa shape index (κ3) is 2.66. The maximum Gasteiger partial charge on any atom is 0.634 e. The number of hydrogen-bond acceptors (Lipinski definition) is 3. The molecule has 4 heteroatoms. The predicted octanol–water partition coefficient (Wildman–Crippen LogP) is 0.734. The van der Waals surface area contributed by atoms with Gasteiger partial charge in [0.1, 0.15) is 0 Å². The van der Waals surface area contributed by atoms with Crippen LogP contribution in [-0.2, 0) is 4.65 Å². The van der Waals surface area contributed by atoms with Crippen molar-refractivity contribution in [1.82, 2.24) is 0 Å². The van der Waals surface area contributed by atoms with Crippen molar-refractivity contribution in [3.05, 3.63) is 35.9 Å². The second kappa shape index (κ2) is 4.26. The van der Waals surface area contributed by atoms with Gasteiger partial charge in [0.2, 0.25) is 0 Å². The maximum atomic E-state index is 8.52. The second-order valence-electron chi connectivity index (χ2n) is 2.52. The summed E-state index contributed by atoms with van der Waals surface area (Å²) in [5.41, 5.74) is 0.922. The van der Waals surface area contributed by atoms with E-state index in [1.165, 1.54) is 0 Å². The molecule has 1 rings (SSSR count). The van der Waals surface area contributed by atoms with Crippen LogP contribution in [0.4, 0.5) is 0 Å². The van der Waals surface area contributed by atoms with Crippen LogP contribution in [0.2, 0.25) is 0 Å². The van der Waals surface area contributed by atoms with Crippen molar-refractivity contribution in [3.63, 3.8) is 0 Å². The Morgan fingerprint density at radius 3 is 2.33 bits per heavy atom. The van der Waals surface area contributed by atoms with Crippen molar-refractivity contribution in [2.24, 2.45) is 0 Å². The van der Waals surface area contributed by atoms with Gasteiger partial charge in [0.05, 0.1) is 6.10 Å². The second-order valence-corrected chi connectivity index (χ2v) is 2.52. The van der Waals surface area contributed by atoms with E-state index in [9.17, 15) is 0 Å². The molecule has 0 saturated carbocycles. The molecule has 0 aliphatic rings. The van der Waals surface area contributed by atoms with Gasteiger partial charge in [-0.1, -0.05) is 30.3 Å². The molecule has 0 fully saturated rings. The van der Waals surface area contributed by atoms with Crippen molar-refractivity contribution in [3.8, 4) is 0 Å². The fourth-order valence-corrected chi connectivity index (χ4v) is 0.985. The Labute approximate surface area is 71.8 Å². The van der Waals surface area contributed by atoms with Gasteiger partial charge in [0, 0.05) is 0 Å². The van der Waals surface area contributed by atoms with Gasteiger partial charge in [-0.15, -0.1) is 0 Å². The quantitative estimate of drug-likeness (QED) is 0.650. The van der Waals surface area contributed by atoms with E-state index in [0.29, 0.717) is 0 Å². The number of rotatable bonds is 3. The highest BCUT2D eigenvalue weighted by Gasteiger charge is 2.14. The molecule has 0 spiro atoms. The molecule has 3 nitrogen and oxygen atoms in total. The van der Waals surface area contributed by atoms with E-state index in [1.54, 1.807) is 6.92 Å². The monoisotopic (exact) mass is 166 g/mol. The summed E-state index contributed by atoms with van der Waals surface area (Å²) >= 11 is 0. The first-order chi connectivity index (χ1) is 5.70. The van der Waals surface area contributed by atoms with Crippen molar-refractivity contribution in [2.75, 3.05) is 0 Å². The smallest absolute Gasteiger partial charge is 0.402 e. The lowest BCUT2D eigenvalue weighted by Crippen LogP contribution is -2.19. The summed E-state index contributed by atoms with van der Waals surface area (Å²) in [6.07, 6.45) is -0.300. The van der Waals surface area contributed by atoms with Gasteiger partial charge in [-0.05, 0) is 12.5 Å². The minimum absolute atomic E-state index is 0.300. The zero-order valence-electron chi connectivity index (χ0n) is 6.84. The largest absolute Gasteiger partial charge is 0.634 e. The normalized spacial score (nSPS) is 12.6. The zero-order chi connectivity index (χ0) is 8.97. The Morgan fingerprint density at radius 2 is 1.83 bits per heavy atom. The Hall–Kier alpha value is -0.835. The van der Waals surface area contributed by atoms with Crippen LogP contribution in [0, 0.1) is 0 Å². The molecule has 1 atom stereocenters. The molecule has 0 aliphatic heterocycles. The van der Waals surface area contributed by atoms with E-state index in [2.05, 4.69) is 0 Å². The minimum Gasteiger partial charge on any atom is -0.402 e. The number of hydrogen-bond donors (Lipinski definition) is 2. The van der Waals surface area contributed by atoms with E-state index in [1.807, 2.05) is 30.3 Å². The minimum atomic E-state index is -1.71. The summed E-state index contributed by atoms with van der Waals surface area (Å²) in [6.45, 7) is 1.76. The molecule has 64 valence electrons. The van der Waals surface area contributed by atoms with Crippen LogP contribution in [0.5, 0.6) is 0 Å². The molecule has 12 heavy (non-hydrogen) atoms. The van der Waals surface area contributed by atoms with Crippen LogP contribution < -0.4 is 0 Å². The summed E-state index contributed by atoms with van der Waals surface area (Å²) in [7, 11) is -1.71. The molecule has 1 unspecified atom stereocenters. The lowest BCUT2D eigenvalue weighted by molar-refractivity contribution is 0.131. The molecule has 0 heterocycles. The SMILES string of the molecule is CC(OB(O)O)c1ccccc1. The fourth-order valence-electron chi connectivity index (χ4n) is 0.985. The lowest BCUT2D eigenvalue weighted by atomic mass is 10.1. The molecule has 0 bridgehead atoms. The van der Waals surface area contributed by atoms with Crippen LogP contribution in [-0.4, -0.2) is 17.4 Å². The Morgan fingerprint density at radius 1 is 1.25 bits per heavy atom. The standard InChI is InChI=1S/C8H11BO3/c1-7(12-9(10)11)8-5-3-2-4-6-8/h2-7,10-11H,1H3. The average molecular weight is 166 g/mol. The summed E-state index contributed by atoms with van der Waals surface area (Å²) in [6, 6.07) is 9.38. The number of benzene rings is 1. The average Bonchev–Trinajstić information content (AvgIpc) is 2.05. The predicted molar refractivity (Wildman–Crippen MR) is 46.1 cm³/mol. The molecule has 1 aromatic carbocycles. The highest BCUT2D eigenvalue weighted by atomic mass is 16.6. The van der Waals surface area contributed by atoms with Gasteiger partial charge in [-0.25, -0.2) is 0 Å². The van der Waals surface area contributed by atoms with E-state index >= 15 is 0 Å². The van der Waals surface area contributed by atoms with Gasteiger partial charge in [0.15, 0.2) is 0 Å². The van der Waals surface area contributed by atoms with Crippen molar-refractivity contribution < 1.29 is 14.7 Å². The Balaban J connectivity index is 2.59. The lowest BCUT2D eigenvalue weighted by Gasteiger charge is -2.11. The van der Waals surface area contributed by atoms with Gasteiger partial charge in [-0.3, -0.25) is 0 Å². The van der Waals surface area contributed by atoms with Gasteiger partial charge in [-0.2, -0.15) is 0 Å². The summed E-state index contributed by atoms with van der Waals surface area (Å²) in [4.78, 5) is 0. The van der Waals surface area contributed by atoms with Crippen LogP contribution in [0.3, 0.4) is 0 Å². The van der Waals surface area contributed by atoms with Crippen LogP contribution in [0.25, 0.3) is 0 Å². The highest BCUT2D eigenvalue weighted by molar-refractivity contribution is 6.32. The Kier molecular flexibility index (Phi) is 3.28. The van der Waals surface area contributed by atoms with Crippen LogP contribution in [0.15, 0.2) is 30.3 Å². The molecular formula is C8H11BO3. The van der Waals surface area contributed by atoms with E-state index < -0.39 is 7.32 Å². The van der Waals surface area contributed by atoms with E-state index in [-0.39, 0.29) is 6.10 Å². The molecular weight excluding hydrogens is 155 g/mol. The highest BCUT2D eigenvalue weighted by Crippen LogP contribution is 2.15. The van der Waals surface area contributed by atoms with Crippen molar-refractivity contribution in [2.45, 2.75) is 13.0 Å². The van der Waals surface area contributed by atoms with Gasteiger partial charge >= 0.3 is 7.32 Å². The molecule has 1 aromatic rings.